The Morgan fingerprint density at radius 3 is 1.96 bits per heavy atom. The molecule has 0 radical (unpaired) electrons. The van der Waals surface area contributed by atoms with Gasteiger partial charge in [0.1, 0.15) is 17.7 Å². The molecular formula is C33H58N6O7. The molecule has 46 heavy (non-hydrogen) atoms. The monoisotopic (exact) mass is 650 g/mol. The van der Waals surface area contributed by atoms with Crippen molar-refractivity contribution in [2.75, 3.05) is 13.1 Å². The molecule has 1 aliphatic heterocycles. The number of amides is 6. The van der Waals surface area contributed by atoms with Gasteiger partial charge in [-0.15, -0.1) is 0 Å². The summed E-state index contributed by atoms with van der Waals surface area (Å²) < 4.78 is 5.30. The average Bonchev–Trinajstić information content (AvgIpc) is 3.34. The van der Waals surface area contributed by atoms with E-state index in [4.69, 9.17) is 10.5 Å². The smallest absolute Gasteiger partial charge is 0.407 e. The summed E-state index contributed by atoms with van der Waals surface area (Å²) in [5.74, 6) is -2.87. The number of hydrogen-bond donors (Lipinski definition) is 5. The quantitative estimate of drug-likeness (QED) is 0.189. The van der Waals surface area contributed by atoms with Crippen LogP contribution >= 0.6 is 0 Å². The van der Waals surface area contributed by atoms with E-state index >= 15 is 0 Å². The fourth-order valence-electron chi connectivity index (χ4n) is 5.94. The van der Waals surface area contributed by atoms with Gasteiger partial charge in [0.05, 0.1) is 12.1 Å². The topological polar surface area (TPSA) is 189 Å². The van der Waals surface area contributed by atoms with Gasteiger partial charge in [-0.3, -0.25) is 19.2 Å². The fraction of sp³-hybridized carbons (Fsp3) is 0.818. The maximum absolute atomic E-state index is 14.2. The van der Waals surface area contributed by atoms with Crippen molar-refractivity contribution in [1.82, 2.24) is 26.2 Å². The zero-order valence-electron chi connectivity index (χ0n) is 29.5. The lowest BCUT2D eigenvalue weighted by Crippen LogP contribution is -2.62. The molecule has 0 bridgehead atoms. The molecule has 0 aromatic rings. The van der Waals surface area contributed by atoms with Crippen LogP contribution in [-0.4, -0.2) is 83.4 Å². The van der Waals surface area contributed by atoms with Crippen LogP contribution in [0, 0.1) is 29.1 Å². The first kappa shape index (κ1) is 38.8. The first-order chi connectivity index (χ1) is 21.1. The van der Waals surface area contributed by atoms with Gasteiger partial charge in [0, 0.05) is 13.1 Å². The van der Waals surface area contributed by atoms with Crippen LogP contribution in [0.25, 0.3) is 0 Å². The largest absolute Gasteiger partial charge is 0.444 e. The number of carbonyl (C=O) groups is 6. The number of ether oxygens (including phenoxy) is 1. The van der Waals surface area contributed by atoms with Crippen LogP contribution in [0.3, 0.4) is 0 Å². The second kappa shape index (κ2) is 15.9. The normalized spacial score (nSPS) is 20.7. The number of alkyl carbamates (subject to hydrolysis) is 1. The van der Waals surface area contributed by atoms with E-state index in [2.05, 4.69) is 21.3 Å². The van der Waals surface area contributed by atoms with Crippen LogP contribution in [0.5, 0.6) is 0 Å². The lowest BCUT2D eigenvalue weighted by atomic mass is 9.80. The van der Waals surface area contributed by atoms with E-state index in [-0.39, 0.29) is 30.2 Å². The summed E-state index contributed by atoms with van der Waals surface area (Å²) >= 11 is 0. The first-order valence-corrected chi connectivity index (χ1v) is 16.6. The molecule has 2 rings (SSSR count). The van der Waals surface area contributed by atoms with Crippen molar-refractivity contribution in [3.05, 3.63) is 0 Å². The minimum Gasteiger partial charge on any atom is -0.444 e. The van der Waals surface area contributed by atoms with Crippen LogP contribution in [0.15, 0.2) is 0 Å². The summed E-state index contributed by atoms with van der Waals surface area (Å²) in [4.78, 5) is 79.6. The van der Waals surface area contributed by atoms with Crippen LogP contribution in [0.4, 0.5) is 9.59 Å². The number of hydrogen-bond acceptors (Lipinski definition) is 7. The third-order valence-electron chi connectivity index (χ3n) is 8.90. The number of carbonyl (C=O) groups excluding carboxylic acids is 6. The summed E-state index contributed by atoms with van der Waals surface area (Å²) in [7, 11) is 0. The minimum absolute atomic E-state index is 0.0408. The van der Waals surface area contributed by atoms with E-state index in [1.54, 1.807) is 20.8 Å². The van der Waals surface area contributed by atoms with Crippen molar-refractivity contribution >= 4 is 35.6 Å². The molecule has 2 fully saturated rings. The third-order valence-corrected chi connectivity index (χ3v) is 8.90. The molecule has 0 aromatic carbocycles. The van der Waals surface area contributed by atoms with E-state index in [1.807, 2.05) is 48.5 Å². The zero-order valence-corrected chi connectivity index (χ0v) is 29.5. The van der Waals surface area contributed by atoms with Gasteiger partial charge in [-0.05, 0) is 62.7 Å². The fourth-order valence-corrected chi connectivity index (χ4v) is 5.94. The van der Waals surface area contributed by atoms with Crippen molar-refractivity contribution in [2.24, 2.45) is 34.8 Å². The number of rotatable bonds is 13. The van der Waals surface area contributed by atoms with Crippen LogP contribution < -0.4 is 27.0 Å². The molecule has 5 atom stereocenters. The molecule has 2 aliphatic rings. The van der Waals surface area contributed by atoms with Crippen molar-refractivity contribution in [2.45, 2.75) is 131 Å². The second-order valence-electron chi connectivity index (χ2n) is 15.6. The highest BCUT2D eigenvalue weighted by molar-refractivity contribution is 6.37. The minimum atomic E-state index is -1.10. The Labute approximate surface area is 274 Å². The van der Waals surface area contributed by atoms with Crippen molar-refractivity contribution in [3.8, 4) is 0 Å². The number of nitrogens with one attached hydrogen (secondary N) is 4. The van der Waals surface area contributed by atoms with Crippen molar-refractivity contribution in [1.29, 1.82) is 0 Å². The Balaban J connectivity index is 2.24. The highest BCUT2D eigenvalue weighted by atomic mass is 16.6. The lowest BCUT2D eigenvalue weighted by molar-refractivity contribution is -0.144. The molecule has 6 amide bonds. The van der Waals surface area contributed by atoms with E-state index < -0.39 is 70.8 Å². The summed E-state index contributed by atoms with van der Waals surface area (Å²) in [6, 6.07) is -4.00. The summed E-state index contributed by atoms with van der Waals surface area (Å²) in [6.07, 6.45) is 3.14. The Hall–Kier alpha value is -3.38. The second-order valence-corrected chi connectivity index (χ2v) is 15.6. The van der Waals surface area contributed by atoms with Crippen LogP contribution in [0.1, 0.15) is 101 Å². The number of nitrogens with zero attached hydrogens (tertiary/aromatic N) is 1. The number of ketones is 1. The maximum Gasteiger partial charge on any atom is 0.407 e. The van der Waals surface area contributed by atoms with Gasteiger partial charge in [0.25, 0.3) is 5.91 Å². The summed E-state index contributed by atoms with van der Waals surface area (Å²) in [6.45, 7) is 18.9. The average molecular weight is 651 g/mol. The number of urea groups is 1. The number of primary amides is 1. The van der Waals surface area contributed by atoms with E-state index in [0.29, 0.717) is 19.4 Å². The standard InChI is InChI=1S/C33H58N6O7/c1-18(2)21-14-15-39(24(21)28(42)36-22(25(40)27(34)41)16-20-12-11-13-20)29(43)26(32(5,6)7)38-30(44)37-23(19(3)4)17-35-31(45)46-33(8,9)10/h18-24,26H,11-17H2,1-10H3,(H2,34,41)(H,35,45)(H,36,42)(H2,37,38,44)/t21-,22?,23-,24+,26-/m1/s1. The Morgan fingerprint density at radius 1 is 0.891 bits per heavy atom. The van der Waals surface area contributed by atoms with Gasteiger partial charge < -0.3 is 36.6 Å². The maximum atomic E-state index is 14.2. The molecule has 1 heterocycles. The summed E-state index contributed by atoms with van der Waals surface area (Å²) in [5, 5.41) is 11.2. The zero-order chi connectivity index (χ0) is 35.1. The van der Waals surface area contributed by atoms with E-state index in [9.17, 15) is 28.8 Å². The van der Waals surface area contributed by atoms with Gasteiger partial charge in [-0.1, -0.05) is 67.7 Å². The van der Waals surface area contributed by atoms with Crippen LogP contribution in [0.2, 0.25) is 0 Å². The molecule has 1 aliphatic carbocycles. The predicted molar refractivity (Wildman–Crippen MR) is 174 cm³/mol. The molecular weight excluding hydrogens is 592 g/mol. The molecule has 262 valence electrons. The van der Waals surface area contributed by atoms with E-state index in [1.165, 1.54) is 4.90 Å². The van der Waals surface area contributed by atoms with Gasteiger partial charge in [0.2, 0.25) is 17.6 Å². The molecule has 1 unspecified atom stereocenters. The Bertz CT molecular complexity index is 1120. The molecule has 13 heteroatoms. The number of Topliss-reactive ketones (excluding diaryl/α,β-unsaturated/α-hetero) is 1. The van der Waals surface area contributed by atoms with Gasteiger partial charge in [-0.2, -0.15) is 0 Å². The summed E-state index contributed by atoms with van der Waals surface area (Å²) in [5.41, 5.74) is 3.92. The molecule has 6 N–H and O–H groups in total. The lowest BCUT2D eigenvalue weighted by Gasteiger charge is -2.37. The van der Waals surface area contributed by atoms with Gasteiger partial charge >= 0.3 is 12.1 Å². The predicted octanol–water partition coefficient (Wildman–Crippen LogP) is 2.85. The van der Waals surface area contributed by atoms with E-state index in [0.717, 1.165) is 19.3 Å². The van der Waals surface area contributed by atoms with Crippen LogP contribution in [-0.2, 0) is 23.9 Å². The molecule has 13 nitrogen and oxygen atoms in total. The van der Waals surface area contributed by atoms with Gasteiger partial charge in [-0.25, -0.2) is 9.59 Å². The van der Waals surface area contributed by atoms with Gasteiger partial charge in [0.15, 0.2) is 0 Å². The third kappa shape index (κ3) is 11.2. The number of nitrogens with two attached hydrogens (primary N) is 1. The SMILES string of the molecule is CC(C)[C@H]1CCN(C(=O)[C@@H](NC(=O)N[C@H](CNC(=O)OC(C)(C)C)C(C)C)C(C)(C)C)[C@@H]1C(=O)NC(CC1CCC1)C(=O)C(N)=O. The van der Waals surface area contributed by atoms with Crippen molar-refractivity contribution < 1.29 is 33.5 Å². The first-order valence-electron chi connectivity index (χ1n) is 16.6. The van der Waals surface area contributed by atoms with Crippen molar-refractivity contribution in [3.63, 3.8) is 0 Å². The highest BCUT2D eigenvalue weighted by Crippen LogP contribution is 2.34. The Morgan fingerprint density at radius 2 is 1.50 bits per heavy atom. The molecule has 1 saturated carbocycles. The molecule has 0 spiro atoms. The Kier molecular flexibility index (Phi) is 13.5. The molecule has 1 saturated heterocycles. The number of likely N-dealkylation sites (tertiary alicyclic amines) is 1. The highest BCUT2D eigenvalue weighted by Gasteiger charge is 2.48. The molecule has 0 aromatic heterocycles.